The molecule has 0 saturated heterocycles. The summed E-state index contributed by atoms with van der Waals surface area (Å²) >= 11 is 0. The van der Waals surface area contributed by atoms with E-state index in [2.05, 4.69) is 61.5 Å². The molecular weight excluding hydrogens is 298 g/mol. The molecule has 3 heteroatoms. The Balaban J connectivity index is 1.93. The van der Waals surface area contributed by atoms with Crippen LogP contribution in [0.1, 0.15) is 24.0 Å². The van der Waals surface area contributed by atoms with Crippen molar-refractivity contribution >= 4 is 6.29 Å². The second-order valence-corrected chi connectivity index (χ2v) is 6.70. The standard InChI is InChI=1S/C21H25NO2/c1-22(2)12-5-8-19-16(11-13-23)9-10-21-20(19)14-17-6-3-4-7-18(17)15-24-21/h3-4,6-10,13,16H,5,11-12,14-15H2,1-2H3. The predicted molar refractivity (Wildman–Crippen MR) is 96.5 cm³/mol. The van der Waals surface area contributed by atoms with Crippen LogP contribution in [0.25, 0.3) is 0 Å². The largest absolute Gasteiger partial charge is 0.489 e. The molecule has 1 atom stereocenters. The number of ether oxygens (including phenoxy) is 1. The zero-order chi connectivity index (χ0) is 16.9. The highest BCUT2D eigenvalue weighted by molar-refractivity contribution is 5.56. The smallest absolute Gasteiger partial charge is 0.123 e. The normalized spacial score (nSPS) is 21.3. The Kier molecular flexibility index (Phi) is 5.31. The van der Waals surface area contributed by atoms with Gasteiger partial charge in [-0.1, -0.05) is 36.4 Å². The van der Waals surface area contributed by atoms with Gasteiger partial charge in [-0.15, -0.1) is 0 Å². The average Bonchev–Trinajstić information content (AvgIpc) is 2.76. The Morgan fingerprint density at radius 2 is 2.04 bits per heavy atom. The molecular formula is C21H25NO2. The second kappa shape index (κ2) is 7.63. The van der Waals surface area contributed by atoms with Gasteiger partial charge in [0.25, 0.3) is 0 Å². The van der Waals surface area contributed by atoms with Crippen molar-refractivity contribution in [3.8, 4) is 0 Å². The van der Waals surface area contributed by atoms with Crippen molar-refractivity contribution in [2.45, 2.75) is 25.9 Å². The Morgan fingerprint density at radius 1 is 1.25 bits per heavy atom. The van der Waals surface area contributed by atoms with E-state index in [0.29, 0.717) is 13.0 Å². The zero-order valence-corrected chi connectivity index (χ0v) is 14.5. The van der Waals surface area contributed by atoms with E-state index in [1.807, 2.05) is 0 Å². The molecule has 1 unspecified atom stereocenters. The molecule has 24 heavy (non-hydrogen) atoms. The van der Waals surface area contributed by atoms with Crippen LogP contribution < -0.4 is 0 Å². The summed E-state index contributed by atoms with van der Waals surface area (Å²) in [5.41, 5.74) is 5.08. The van der Waals surface area contributed by atoms with Crippen molar-refractivity contribution < 1.29 is 9.53 Å². The van der Waals surface area contributed by atoms with Crippen molar-refractivity contribution in [1.82, 2.24) is 4.90 Å². The molecule has 0 N–H and O–H groups in total. The first-order valence-corrected chi connectivity index (χ1v) is 8.58. The summed E-state index contributed by atoms with van der Waals surface area (Å²) in [5.74, 6) is 1.13. The van der Waals surface area contributed by atoms with Crippen LogP contribution in [0.5, 0.6) is 0 Å². The van der Waals surface area contributed by atoms with Gasteiger partial charge in [-0.3, -0.25) is 0 Å². The lowest BCUT2D eigenvalue weighted by molar-refractivity contribution is -0.108. The van der Waals surface area contributed by atoms with Gasteiger partial charge >= 0.3 is 0 Å². The summed E-state index contributed by atoms with van der Waals surface area (Å²) in [6, 6.07) is 8.46. The first-order valence-electron chi connectivity index (χ1n) is 8.58. The SMILES string of the molecule is CN(C)CCC=C1C2=C(C=CC1CC=O)OCc1ccccc1C2. The number of hydrogen-bond donors (Lipinski definition) is 0. The molecule has 126 valence electrons. The minimum absolute atomic E-state index is 0.164. The van der Waals surface area contributed by atoms with Gasteiger partial charge in [-0.25, -0.2) is 0 Å². The number of benzene rings is 1. The lowest BCUT2D eigenvalue weighted by Crippen LogP contribution is -2.15. The number of fused-ring (bicyclic) bond motifs is 1. The first-order chi connectivity index (χ1) is 11.7. The lowest BCUT2D eigenvalue weighted by Gasteiger charge is -2.24. The molecule has 0 bridgehead atoms. The number of carbonyl (C=O) groups is 1. The number of nitrogens with zero attached hydrogens (tertiary/aromatic N) is 1. The van der Waals surface area contributed by atoms with Crippen LogP contribution in [-0.4, -0.2) is 31.8 Å². The summed E-state index contributed by atoms with van der Waals surface area (Å²) in [4.78, 5) is 13.3. The molecule has 0 spiro atoms. The maximum Gasteiger partial charge on any atom is 0.123 e. The van der Waals surface area contributed by atoms with Crippen LogP contribution in [-0.2, 0) is 22.6 Å². The van der Waals surface area contributed by atoms with E-state index in [-0.39, 0.29) is 5.92 Å². The van der Waals surface area contributed by atoms with Crippen LogP contribution >= 0.6 is 0 Å². The molecule has 2 aliphatic rings. The van der Waals surface area contributed by atoms with E-state index < -0.39 is 0 Å². The minimum Gasteiger partial charge on any atom is -0.489 e. The van der Waals surface area contributed by atoms with Crippen molar-refractivity contribution in [3.63, 3.8) is 0 Å². The van der Waals surface area contributed by atoms with Gasteiger partial charge in [-0.05, 0) is 43.3 Å². The van der Waals surface area contributed by atoms with Crippen molar-refractivity contribution in [3.05, 3.63) is 70.5 Å². The maximum absolute atomic E-state index is 11.1. The van der Waals surface area contributed by atoms with Gasteiger partial charge in [0.05, 0.1) is 0 Å². The fraction of sp³-hybridized carbons (Fsp3) is 0.381. The highest BCUT2D eigenvalue weighted by Crippen LogP contribution is 2.37. The number of hydrogen-bond acceptors (Lipinski definition) is 3. The third kappa shape index (κ3) is 3.68. The summed E-state index contributed by atoms with van der Waals surface area (Å²) in [6.45, 7) is 1.61. The Labute approximate surface area is 144 Å². The minimum atomic E-state index is 0.164. The highest BCUT2D eigenvalue weighted by Gasteiger charge is 2.25. The van der Waals surface area contributed by atoms with E-state index in [9.17, 15) is 4.79 Å². The lowest BCUT2D eigenvalue weighted by atomic mass is 9.82. The number of allylic oxidation sites excluding steroid dienone is 4. The van der Waals surface area contributed by atoms with Crippen molar-refractivity contribution in [2.75, 3.05) is 20.6 Å². The molecule has 0 fully saturated rings. The summed E-state index contributed by atoms with van der Waals surface area (Å²) < 4.78 is 6.07. The highest BCUT2D eigenvalue weighted by atomic mass is 16.5. The molecule has 0 amide bonds. The van der Waals surface area contributed by atoms with Gasteiger partial charge in [0.1, 0.15) is 18.7 Å². The molecule has 0 radical (unpaired) electrons. The Hall–Kier alpha value is -2.13. The predicted octanol–water partition coefficient (Wildman–Crippen LogP) is 3.67. The summed E-state index contributed by atoms with van der Waals surface area (Å²) in [6.07, 6.45) is 9.87. The molecule has 1 aliphatic heterocycles. The van der Waals surface area contributed by atoms with Crippen LogP contribution in [0.2, 0.25) is 0 Å². The fourth-order valence-electron chi connectivity index (χ4n) is 3.38. The summed E-state index contributed by atoms with van der Waals surface area (Å²) in [5, 5.41) is 0. The molecule has 0 saturated carbocycles. The van der Waals surface area contributed by atoms with E-state index in [1.165, 1.54) is 22.3 Å². The molecule has 3 rings (SSSR count). The van der Waals surface area contributed by atoms with Crippen LogP contribution in [0.4, 0.5) is 0 Å². The Morgan fingerprint density at radius 3 is 2.79 bits per heavy atom. The van der Waals surface area contributed by atoms with E-state index in [4.69, 9.17) is 4.74 Å². The maximum atomic E-state index is 11.1. The molecule has 1 heterocycles. The van der Waals surface area contributed by atoms with Gasteiger partial charge in [0, 0.05) is 30.9 Å². The Bertz CT molecular complexity index is 698. The van der Waals surface area contributed by atoms with Gasteiger partial charge in [-0.2, -0.15) is 0 Å². The number of rotatable bonds is 5. The van der Waals surface area contributed by atoms with E-state index in [1.54, 1.807) is 0 Å². The average molecular weight is 323 g/mol. The van der Waals surface area contributed by atoms with Gasteiger partial charge < -0.3 is 14.4 Å². The molecule has 3 nitrogen and oxygen atoms in total. The quantitative estimate of drug-likeness (QED) is 0.774. The fourth-order valence-corrected chi connectivity index (χ4v) is 3.38. The molecule has 1 aromatic carbocycles. The van der Waals surface area contributed by atoms with E-state index >= 15 is 0 Å². The zero-order valence-electron chi connectivity index (χ0n) is 14.5. The second-order valence-electron chi connectivity index (χ2n) is 6.70. The van der Waals surface area contributed by atoms with Crippen LogP contribution in [0.3, 0.4) is 0 Å². The third-order valence-electron chi connectivity index (χ3n) is 4.68. The number of aldehydes is 1. The first kappa shape index (κ1) is 16.7. The third-order valence-corrected chi connectivity index (χ3v) is 4.68. The summed E-state index contributed by atoms with van der Waals surface area (Å²) in [7, 11) is 4.16. The molecule has 1 aliphatic carbocycles. The van der Waals surface area contributed by atoms with Gasteiger partial charge in [0.2, 0.25) is 0 Å². The monoisotopic (exact) mass is 323 g/mol. The van der Waals surface area contributed by atoms with Crippen LogP contribution in [0, 0.1) is 5.92 Å². The number of carbonyl (C=O) groups excluding carboxylic acids is 1. The van der Waals surface area contributed by atoms with E-state index in [0.717, 1.165) is 31.4 Å². The molecule has 1 aromatic rings. The van der Waals surface area contributed by atoms with Crippen molar-refractivity contribution in [2.24, 2.45) is 5.92 Å². The van der Waals surface area contributed by atoms with Crippen LogP contribution in [0.15, 0.2) is 59.4 Å². The molecule has 0 aromatic heterocycles. The van der Waals surface area contributed by atoms with Gasteiger partial charge in [0.15, 0.2) is 0 Å². The van der Waals surface area contributed by atoms with Crippen molar-refractivity contribution in [1.29, 1.82) is 0 Å². The topological polar surface area (TPSA) is 29.5 Å².